The van der Waals surface area contributed by atoms with Gasteiger partial charge < -0.3 is 4.90 Å². The molecule has 2 nitrogen and oxygen atoms in total. The normalized spacial score (nSPS) is 34.7. The van der Waals surface area contributed by atoms with Crippen LogP contribution in [0.25, 0.3) is 0 Å². The van der Waals surface area contributed by atoms with Crippen LogP contribution in [0.1, 0.15) is 32.6 Å². The van der Waals surface area contributed by atoms with Gasteiger partial charge in [0.1, 0.15) is 0 Å². The van der Waals surface area contributed by atoms with E-state index < -0.39 is 0 Å². The Morgan fingerprint density at radius 1 is 1.47 bits per heavy atom. The molecule has 2 aliphatic carbocycles. The van der Waals surface area contributed by atoms with Crippen LogP contribution in [-0.4, -0.2) is 29.2 Å². The summed E-state index contributed by atoms with van der Waals surface area (Å²) in [6.07, 6.45) is 4.99. The first-order valence-corrected chi connectivity index (χ1v) is 6.92. The molecule has 0 heterocycles. The molecule has 0 radical (unpaired) electrons. The molecule has 1 amide bonds. The molecule has 0 saturated heterocycles. The van der Waals surface area contributed by atoms with Crippen LogP contribution < -0.4 is 0 Å². The third kappa shape index (κ3) is 2.38. The monoisotopic (exact) mass is 273 g/mol. The SMILES string of the molecule is CC(Br)CCN(C)C(=O)C1C2CCCC21. The van der Waals surface area contributed by atoms with E-state index in [1.807, 2.05) is 11.9 Å². The van der Waals surface area contributed by atoms with Gasteiger partial charge in [-0.15, -0.1) is 0 Å². The molecule has 0 bridgehead atoms. The first-order chi connectivity index (χ1) is 7.11. The highest BCUT2D eigenvalue weighted by Crippen LogP contribution is 2.57. The number of hydrogen-bond donors (Lipinski definition) is 0. The van der Waals surface area contributed by atoms with Gasteiger partial charge in [-0.1, -0.05) is 29.3 Å². The Kier molecular flexibility index (Phi) is 3.39. The number of amides is 1. The average molecular weight is 274 g/mol. The van der Waals surface area contributed by atoms with Crippen molar-refractivity contribution in [3.8, 4) is 0 Å². The molecule has 2 saturated carbocycles. The first kappa shape index (κ1) is 11.4. The van der Waals surface area contributed by atoms with Gasteiger partial charge in [0.25, 0.3) is 0 Å². The van der Waals surface area contributed by atoms with Gasteiger partial charge in [-0.25, -0.2) is 0 Å². The maximum atomic E-state index is 12.0. The van der Waals surface area contributed by atoms with Crippen molar-refractivity contribution in [2.45, 2.75) is 37.4 Å². The molecule has 0 aromatic heterocycles. The molecule has 0 aliphatic heterocycles. The average Bonchev–Trinajstić information content (AvgIpc) is 2.66. The van der Waals surface area contributed by atoms with Crippen molar-refractivity contribution in [2.24, 2.45) is 17.8 Å². The molecule has 3 atom stereocenters. The standard InChI is InChI=1S/C12H20BrNO/c1-8(13)6-7-14(2)12(15)11-9-4-3-5-10(9)11/h8-11H,3-7H2,1-2H3. The number of hydrogen-bond acceptors (Lipinski definition) is 1. The molecule has 15 heavy (non-hydrogen) atoms. The van der Waals surface area contributed by atoms with Crippen molar-refractivity contribution >= 4 is 21.8 Å². The number of halogens is 1. The lowest BCUT2D eigenvalue weighted by Gasteiger charge is -2.18. The fourth-order valence-electron chi connectivity index (χ4n) is 2.92. The third-order valence-corrected chi connectivity index (χ3v) is 4.39. The van der Waals surface area contributed by atoms with E-state index in [2.05, 4.69) is 22.9 Å². The smallest absolute Gasteiger partial charge is 0.226 e. The summed E-state index contributed by atoms with van der Waals surface area (Å²) in [5.41, 5.74) is 0. The largest absolute Gasteiger partial charge is 0.345 e. The molecule has 3 unspecified atom stereocenters. The van der Waals surface area contributed by atoms with Gasteiger partial charge in [0, 0.05) is 24.3 Å². The van der Waals surface area contributed by atoms with E-state index in [4.69, 9.17) is 0 Å². The number of fused-ring (bicyclic) bond motifs is 1. The maximum absolute atomic E-state index is 12.0. The highest BCUT2D eigenvalue weighted by atomic mass is 79.9. The molecule has 2 rings (SSSR count). The van der Waals surface area contributed by atoms with Crippen LogP contribution in [0.2, 0.25) is 0 Å². The van der Waals surface area contributed by atoms with Gasteiger partial charge in [-0.2, -0.15) is 0 Å². The Morgan fingerprint density at radius 2 is 2.07 bits per heavy atom. The van der Waals surface area contributed by atoms with E-state index in [0.717, 1.165) is 24.8 Å². The van der Waals surface area contributed by atoms with Crippen LogP contribution in [0.5, 0.6) is 0 Å². The van der Waals surface area contributed by atoms with Crippen molar-refractivity contribution < 1.29 is 4.79 Å². The van der Waals surface area contributed by atoms with Gasteiger partial charge in [0.15, 0.2) is 0 Å². The summed E-state index contributed by atoms with van der Waals surface area (Å²) >= 11 is 3.52. The second-order valence-electron chi connectivity index (χ2n) is 5.11. The fourth-order valence-corrected chi connectivity index (χ4v) is 3.13. The van der Waals surface area contributed by atoms with Crippen LogP contribution in [-0.2, 0) is 4.79 Å². The second-order valence-corrected chi connectivity index (χ2v) is 6.68. The number of nitrogens with zero attached hydrogens (tertiary/aromatic N) is 1. The third-order valence-electron chi connectivity index (χ3n) is 3.93. The minimum Gasteiger partial charge on any atom is -0.345 e. The van der Waals surface area contributed by atoms with Crippen LogP contribution in [0.15, 0.2) is 0 Å². The number of carbonyl (C=O) groups excluding carboxylic acids is 1. The van der Waals surface area contributed by atoms with Crippen molar-refractivity contribution in [2.75, 3.05) is 13.6 Å². The van der Waals surface area contributed by atoms with Gasteiger partial charge in [0.2, 0.25) is 5.91 Å². The van der Waals surface area contributed by atoms with Crippen LogP contribution >= 0.6 is 15.9 Å². The molecule has 2 fully saturated rings. The Hall–Kier alpha value is -0.0500. The van der Waals surface area contributed by atoms with Crippen molar-refractivity contribution in [1.29, 1.82) is 0 Å². The molecule has 2 aliphatic rings. The molecule has 0 aromatic carbocycles. The predicted molar refractivity (Wildman–Crippen MR) is 65.0 cm³/mol. The number of rotatable bonds is 4. The maximum Gasteiger partial charge on any atom is 0.226 e. The van der Waals surface area contributed by atoms with Crippen LogP contribution in [0, 0.1) is 17.8 Å². The van der Waals surface area contributed by atoms with Gasteiger partial charge in [0.05, 0.1) is 0 Å². The predicted octanol–water partition coefficient (Wildman–Crippen LogP) is 2.66. The van der Waals surface area contributed by atoms with E-state index in [0.29, 0.717) is 16.7 Å². The summed E-state index contributed by atoms with van der Waals surface area (Å²) < 4.78 is 0. The lowest BCUT2D eigenvalue weighted by atomic mass is 10.1. The van der Waals surface area contributed by atoms with E-state index in [-0.39, 0.29) is 0 Å². The van der Waals surface area contributed by atoms with Gasteiger partial charge in [-0.05, 0) is 31.1 Å². The van der Waals surface area contributed by atoms with Crippen LogP contribution in [0.3, 0.4) is 0 Å². The molecule has 86 valence electrons. The first-order valence-electron chi connectivity index (χ1n) is 6.00. The summed E-state index contributed by atoms with van der Waals surface area (Å²) in [5.74, 6) is 2.30. The summed E-state index contributed by atoms with van der Waals surface area (Å²) in [7, 11) is 1.95. The van der Waals surface area contributed by atoms with Gasteiger partial charge >= 0.3 is 0 Å². The molecular formula is C12H20BrNO. The fraction of sp³-hybridized carbons (Fsp3) is 0.917. The molecule has 0 spiro atoms. The zero-order valence-corrected chi connectivity index (χ0v) is 11.2. The van der Waals surface area contributed by atoms with Crippen molar-refractivity contribution in [3.63, 3.8) is 0 Å². The van der Waals surface area contributed by atoms with E-state index >= 15 is 0 Å². The van der Waals surface area contributed by atoms with E-state index in [1.165, 1.54) is 19.3 Å². The number of carbonyl (C=O) groups is 1. The quantitative estimate of drug-likeness (QED) is 0.722. The summed E-state index contributed by atoms with van der Waals surface area (Å²) in [4.78, 5) is 14.5. The molecule has 0 aromatic rings. The zero-order valence-electron chi connectivity index (χ0n) is 9.58. The zero-order chi connectivity index (χ0) is 11.0. The Labute approximate surface area is 101 Å². The lowest BCUT2D eigenvalue weighted by molar-refractivity contribution is -0.132. The molecular weight excluding hydrogens is 254 g/mol. The summed E-state index contributed by atoms with van der Waals surface area (Å²) in [6, 6.07) is 0. The summed E-state index contributed by atoms with van der Waals surface area (Å²) in [5, 5.41) is 0. The Balaban J connectivity index is 1.76. The van der Waals surface area contributed by atoms with Gasteiger partial charge in [-0.3, -0.25) is 4.79 Å². The van der Waals surface area contributed by atoms with Crippen LogP contribution in [0.4, 0.5) is 0 Å². The summed E-state index contributed by atoms with van der Waals surface area (Å²) in [6.45, 7) is 3.02. The topological polar surface area (TPSA) is 20.3 Å². The Bertz CT molecular complexity index is 244. The van der Waals surface area contributed by atoms with Crippen molar-refractivity contribution in [3.05, 3.63) is 0 Å². The van der Waals surface area contributed by atoms with E-state index in [9.17, 15) is 4.79 Å². The minimum atomic E-state index is 0.398. The second kappa shape index (κ2) is 4.44. The van der Waals surface area contributed by atoms with E-state index in [1.54, 1.807) is 0 Å². The number of alkyl halides is 1. The highest BCUT2D eigenvalue weighted by molar-refractivity contribution is 9.09. The molecule has 3 heteroatoms. The molecule has 0 N–H and O–H groups in total. The lowest BCUT2D eigenvalue weighted by Crippen LogP contribution is -2.31. The van der Waals surface area contributed by atoms with Crippen molar-refractivity contribution in [1.82, 2.24) is 4.90 Å². The highest BCUT2D eigenvalue weighted by Gasteiger charge is 2.57. The Morgan fingerprint density at radius 3 is 2.60 bits per heavy atom. The minimum absolute atomic E-state index is 0.398.